The third-order valence-electron chi connectivity index (χ3n) is 10.0. The summed E-state index contributed by atoms with van der Waals surface area (Å²) in [7, 11) is 9.31. The van der Waals surface area contributed by atoms with Crippen LogP contribution in [0.2, 0.25) is 0 Å². The van der Waals surface area contributed by atoms with Crippen LogP contribution >= 0.6 is 0 Å². The van der Waals surface area contributed by atoms with Crippen LogP contribution in [0.3, 0.4) is 0 Å². The number of nitrogens with zero attached hydrogens (tertiary/aromatic N) is 2. The van der Waals surface area contributed by atoms with E-state index in [-0.39, 0.29) is 17.8 Å². The van der Waals surface area contributed by atoms with Crippen molar-refractivity contribution < 1.29 is 28.8 Å². The van der Waals surface area contributed by atoms with Gasteiger partial charge in [0.25, 0.3) is 0 Å². The first-order valence-electron chi connectivity index (χ1n) is 14.9. The summed E-state index contributed by atoms with van der Waals surface area (Å²) in [6, 6.07) is 12.7. The van der Waals surface area contributed by atoms with E-state index in [1.807, 2.05) is 12.1 Å². The van der Waals surface area contributed by atoms with E-state index < -0.39 is 0 Å². The molecule has 4 aromatic carbocycles. The molecule has 4 bridgehead atoms. The van der Waals surface area contributed by atoms with Gasteiger partial charge in [0.15, 0.2) is 34.5 Å². The molecule has 0 unspecified atom stereocenters. The van der Waals surface area contributed by atoms with Gasteiger partial charge in [-0.15, -0.1) is 0 Å². The maximum absolute atomic E-state index is 11.4. The van der Waals surface area contributed by atoms with E-state index in [0.717, 1.165) is 65.6 Å². The topological polar surface area (TPSA) is 72.9 Å². The fourth-order valence-corrected chi connectivity index (χ4v) is 7.75. The summed E-state index contributed by atoms with van der Waals surface area (Å²) in [6.45, 7) is 1.85. The lowest BCUT2D eigenvalue weighted by Crippen LogP contribution is -2.34. The van der Waals surface area contributed by atoms with Gasteiger partial charge in [-0.25, -0.2) is 0 Å². The summed E-state index contributed by atoms with van der Waals surface area (Å²) in [5, 5.41) is 13.4. The van der Waals surface area contributed by atoms with Crippen LogP contribution in [0.1, 0.15) is 45.5 Å². The number of phenols is 1. The Labute approximate surface area is 251 Å². The fraction of sp³-hybridized carbons (Fsp3) is 0.371. The molecule has 0 spiro atoms. The van der Waals surface area contributed by atoms with Gasteiger partial charge in [0.05, 0.1) is 21.3 Å². The SMILES string of the molecule is COc1cc2c3cc1Oc1cc4c5c(ccc(c5c1OC)C[C@H]3N(C)CC2)Oc1c(O)c(OC)cc2c1[C@H](C4)N(C)CC2. The zero-order valence-electron chi connectivity index (χ0n) is 25.2. The Bertz CT molecular complexity index is 1820. The van der Waals surface area contributed by atoms with E-state index in [0.29, 0.717) is 40.9 Å². The van der Waals surface area contributed by atoms with Gasteiger partial charge in [-0.05, 0) is 97.9 Å². The van der Waals surface area contributed by atoms with Gasteiger partial charge < -0.3 is 28.8 Å². The van der Waals surface area contributed by atoms with Crippen molar-refractivity contribution in [3.05, 3.63) is 69.8 Å². The first kappa shape index (κ1) is 26.5. The zero-order valence-corrected chi connectivity index (χ0v) is 25.2. The molecule has 222 valence electrons. The second-order valence-electron chi connectivity index (χ2n) is 12.2. The zero-order chi connectivity index (χ0) is 29.6. The Morgan fingerprint density at radius 1 is 0.698 bits per heavy atom. The number of methoxy groups -OCH3 is 3. The number of likely N-dealkylation sites (N-methyl/N-ethyl adjacent to an activating group) is 2. The van der Waals surface area contributed by atoms with Crippen LogP contribution in [-0.2, 0) is 25.7 Å². The molecule has 0 amide bonds. The number of hydrogen-bond acceptors (Lipinski definition) is 8. The molecule has 1 N–H and O–H groups in total. The number of aromatic hydroxyl groups is 1. The van der Waals surface area contributed by atoms with Crippen molar-refractivity contribution in [1.29, 1.82) is 0 Å². The lowest BCUT2D eigenvalue weighted by Gasteiger charge is -2.38. The molecule has 8 heteroatoms. The van der Waals surface area contributed by atoms with E-state index in [1.54, 1.807) is 21.3 Å². The van der Waals surface area contributed by atoms with Gasteiger partial charge in [0.2, 0.25) is 5.75 Å². The largest absolute Gasteiger partial charge is 0.502 e. The van der Waals surface area contributed by atoms with Gasteiger partial charge >= 0.3 is 0 Å². The van der Waals surface area contributed by atoms with Gasteiger partial charge in [0, 0.05) is 41.5 Å². The lowest BCUT2D eigenvalue weighted by atomic mass is 9.83. The molecule has 0 aromatic heterocycles. The molecule has 0 radical (unpaired) electrons. The van der Waals surface area contributed by atoms with Crippen LogP contribution in [0.25, 0.3) is 10.8 Å². The summed E-state index contributed by atoms with van der Waals surface area (Å²) in [6.07, 6.45) is 3.32. The average Bonchev–Trinajstić information content (AvgIpc) is 3.00. The quantitative estimate of drug-likeness (QED) is 0.302. The first-order chi connectivity index (χ1) is 20.9. The van der Waals surface area contributed by atoms with Crippen LogP contribution in [0.4, 0.5) is 0 Å². The Morgan fingerprint density at radius 2 is 1.42 bits per heavy atom. The van der Waals surface area contributed by atoms with Gasteiger partial charge in [-0.1, -0.05) is 6.07 Å². The third kappa shape index (κ3) is 3.82. The molecule has 4 aromatic rings. The van der Waals surface area contributed by atoms with E-state index in [9.17, 15) is 5.11 Å². The second-order valence-corrected chi connectivity index (χ2v) is 12.2. The molecule has 2 atom stereocenters. The highest BCUT2D eigenvalue weighted by molar-refractivity contribution is 6.01. The maximum atomic E-state index is 11.4. The Morgan fingerprint density at radius 3 is 2.19 bits per heavy atom. The summed E-state index contributed by atoms with van der Waals surface area (Å²) < 4.78 is 31.1. The number of benzene rings is 4. The van der Waals surface area contributed by atoms with Gasteiger partial charge in [-0.3, -0.25) is 9.80 Å². The van der Waals surface area contributed by atoms with E-state index in [4.69, 9.17) is 23.7 Å². The summed E-state index contributed by atoms with van der Waals surface area (Å²) in [5.74, 6) is 4.35. The first-order valence-corrected chi connectivity index (χ1v) is 14.9. The number of rotatable bonds is 3. The maximum Gasteiger partial charge on any atom is 0.201 e. The summed E-state index contributed by atoms with van der Waals surface area (Å²) in [5.41, 5.74) is 7.00. The second kappa shape index (κ2) is 9.69. The monoisotopic (exact) mass is 580 g/mol. The van der Waals surface area contributed by atoms with Crippen LogP contribution in [0, 0.1) is 0 Å². The van der Waals surface area contributed by atoms with Crippen molar-refractivity contribution in [2.75, 3.05) is 48.5 Å². The standard InChI is InChI=1S/C35H36N2O6/c1-36-10-8-18-14-26(39-3)27-17-22(18)23(36)12-19-6-7-25-31-21(16-29(42-27)34(41-5)32(19)31)13-24-30-20(9-11-37(24)2)15-28(40-4)33(38)35(30)43-25/h6-7,14-17,23-24,38H,8-13H2,1-5H3/t23-,24+/m1/s1. The van der Waals surface area contributed by atoms with Crippen molar-refractivity contribution in [2.45, 2.75) is 37.8 Å². The minimum absolute atomic E-state index is 0.00499. The predicted octanol–water partition coefficient (Wildman–Crippen LogP) is 6.33. The lowest BCUT2D eigenvalue weighted by molar-refractivity contribution is 0.221. The predicted molar refractivity (Wildman–Crippen MR) is 164 cm³/mol. The molecule has 4 aliphatic rings. The van der Waals surface area contributed by atoms with Crippen molar-refractivity contribution in [3.63, 3.8) is 0 Å². The Hall–Kier alpha value is -4.14. The number of phenolic OH excluding ortho intramolecular Hbond substituents is 1. The summed E-state index contributed by atoms with van der Waals surface area (Å²) in [4.78, 5) is 4.77. The molecular formula is C35H36N2O6. The average molecular weight is 581 g/mol. The molecule has 0 aliphatic carbocycles. The van der Waals surface area contributed by atoms with E-state index >= 15 is 0 Å². The van der Waals surface area contributed by atoms with Crippen molar-refractivity contribution >= 4 is 10.8 Å². The Kier molecular flexibility index (Phi) is 5.97. The van der Waals surface area contributed by atoms with Crippen LogP contribution < -0.4 is 23.7 Å². The van der Waals surface area contributed by atoms with Crippen LogP contribution in [-0.4, -0.2) is 63.4 Å². The van der Waals surface area contributed by atoms with Gasteiger partial charge in [-0.2, -0.15) is 0 Å². The number of fused-ring (bicyclic) bond motifs is 2. The molecule has 0 saturated carbocycles. The molecular weight excluding hydrogens is 544 g/mol. The molecule has 8 rings (SSSR count). The molecule has 4 aliphatic heterocycles. The molecule has 0 saturated heterocycles. The molecule has 43 heavy (non-hydrogen) atoms. The number of hydrogen-bond donors (Lipinski definition) is 1. The van der Waals surface area contributed by atoms with Crippen molar-refractivity contribution in [1.82, 2.24) is 9.80 Å². The van der Waals surface area contributed by atoms with E-state index in [1.165, 1.54) is 16.7 Å². The van der Waals surface area contributed by atoms with Gasteiger partial charge in [0.1, 0.15) is 5.75 Å². The minimum atomic E-state index is -0.00499. The number of ether oxygens (including phenoxy) is 5. The fourth-order valence-electron chi connectivity index (χ4n) is 7.75. The molecule has 8 nitrogen and oxygen atoms in total. The van der Waals surface area contributed by atoms with Crippen molar-refractivity contribution in [3.8, 4) is 46.0 Å². The molecule has 4 heterocycles. The highest BCUT2D eigenvalue weighted by Gasteiger charge is 2.37. The van der Waals surface area contributed by atoms with Crippen LogP contribution in [0.5, 0.6) is 46.0 Å². The van der Waals surface area contributed by atoms with Crippen molar-refractivity contribution in [2.24, 2.45) is 0 Å². The highest BCUT2D eigenvalue weighted by atomic mass is 16.5. The minimum Gasteiger partial charge on any atom is -0.502 e. The Balaban J connectivity index is 1.43. The summed E-state index contributed by atoms with van der Waals surface area (Å²) >= 11 is 0. The third-order valence-corrected chi connectivity index (χ3v) is 10.0. The molecule has 0 fully saturated rings. The highest BCUT2D eigenvalue weighted by Crippen LogP contribution is 2.55. The van der Waals surface area contributed by atoms with E-state index in [2.05, 4.69) is 48.2 Å². The smallest absolute Gasteiger partial charge is 0.201 e. The van der Waals surface area contributed by atoms with Crippen LogP contribution in [0.15, 0.2) is 36.4 Å². The normalized spacial score (nSPS) is 20.4.